The van der Waals surface area contributed by atoms with Gasteiger partial charge in [-0.15, -0.1) is 0 Å². The number of benzene rings is 1. The number of oxazole rings is 1. The lowest BCUT2D eigenvalue weighted by Gasteiger charge is -2.25. The quantitative estimate of drug-likeness (QED) is 0.756. The largest absolute Gasteiger partial charge is 0.417 e. The summed E-state index contributed by atoms with van der Waals surface area (Å²) in [6.07, 6.45) is 1.89. The number of aryl methyl sites for hydroxylation is 2. The lowest BCUT2D eigenvalue weighted by atomic mass is 10.0. The van der Waals surface area contributed by atoms with Crippen molar-refractivity contribution >= 4 is 17.0 Å². The topological polar surface area (TPSA) is 95.0 Å². The van der Waals surface area contributed by atoms with Crippen molar-refractivity contribution in [1.29, 1.82) is 0 Å². The highest BCUT2D eigenvalue weighted by Gasteiger charge is 2.33. The number of carbonyl (C=O) groups is 1. The molecule has 0 saturated carbocycles. The van der Waals surface area contributed by atoms with Gasteiger partial charge in [-0.25, -0.2) is 4.79 Å². The third-order valence-electron chi connectivity index (χ3n) is 4.70. The number of nitrogens with one attached hydrogen (secondary N) is 2. The lowest BCUT2D eigenvalue weighted by molar-refractivity contribution is 0.0735. The molecule has 1 unspecified atom stereocenters. The van der Waals surface area contributed by atoms with Crippen molar-refractivity contribution in [2.45, 2.75) is 32.7 Å². The van der Waals surface area contributed by atoms with E-state index in [2.05, 4.69) is 15.2 Å². The Labute approximate surface area is 137 Å². The normalized spacial score (nSPS) is 17.8. The first-order valence-corrected chi connectivity index (χ1v) is 8.00. The molecule has 3 heterocycles. The number of rotatable bonds is 2. The van der Waals surface area contributed by atoms with Gasteiger partial charge in [-0.05, 0) is 44.9 Å². The van der Waals surface area contributed by atoms with E-state index in [0.29, 0.717) is 23.2 Å². The van der Waals surface area contributed by atoms with Crippen molar-refractivity contribution in [1.82, 2.24) is 20.1 Å². The summed E-state index contributed by atoms with van der Waals surface area (Å²) < 4.78 is 4.99. The average Bonchev–Trinajstić information content (AvgIpc) is 3.24. The summed E-state index contributed by atoms with van der Waals surface area (Å²) in [5.41, 5.74) is 4.59. The summed E-state index contributed by atoms with van der Waals surface area (Å²) in [5, 5.41) is 7.26. The molecule has 0 bridgehead atoms. The molecule has 24 heavy (non-hydrogen) atoms. The molecule has 0 aliphatic carbocycles. The Morgan fingerprint density at radius 1 is 1.38 bits per heavy atom. The van der Waals surface area contributed by atoms with Crippen LogP contribution >= 0.6 is 0 Å². The highest BCUT2D eigenvalue weighted by atomic mass is 16.4. The fourth-order valence-corrected chi connectivity index (χ4v) is 3.61. The van der Waals surface area contributed by atoms with E-state index in [1.165, 1.54) is 0 Å². The molecule has 7 nitrogen and oxygen atoms in total. The number of likely N-dealkylation sites (tertiary alicyclic amines) is 1. The van der Waals surface area contributed by atoms with Crippen LogP contribution in [-0.2, 0) is 0 Å². The summed E-state index contributed by atoms with van der Waals surface area (Å²) in [5.74, 6) is -0.556. The monoisotopic (exact) mass is 326 g/mol. The Bertz CT molecular complexity index is 962. The van der Waals surface area contributed by atoms with Gasteiger partial charge < -0.3 is 9.32 Å². The van der Waals surface area contributed by atoms with E-state index in [1.54, 1.807) is 18.2 Å². The van der Waals surface area contributed by atoms with Gasteiger partial charge in [0.2, 0.25) is 0 Å². The minimum atomic E-state index is -0.515. The van der Waals surface area contributed by atoms with Gasteiger partial charge in [-0.1, -0.05) is 0 Å². The van der Waals surface area contributed by atoms with E-state index in [0.717, 1.165) is 29.8 Å². The van der Waals surface area contributed by atoms with E-state index < -0.39 is 5.76 Å². The van der Waals surface area contributed by atoms with Gasteiger partial charge in [0, 0.05) is 23.4 Å². The Morgan fingerprint density at radius 2 is 2.21 bits per heavy atom. The second-order valence-corrected chi connectivity index (χ2v) is 6.23. The number of carbonyl (C=O) groups excluding carboxylic acids is 1. The van der Waals surface area contributed by atoms with Crippen molar-refractivity contribution in [2.75, 3.05) is 6.54 Å². The van der Waals surface area contributed by atoms with Gasteiger partial charge in [-0.2, -0.15) is 5.10 Å². The maximum Gasteiger partial charge on any atom is 0.417 e. The molecule has 1 atom stereocenters. The first-order chi connectivity index (χ1) is 11.5. The van der Waals surface area contributed by atoms with Gasteiger partial charge in [0.15, 0.2) is 5.58 Å². The molecule has 0 spiro atoms. The maximum atomic E-state index is 13.0. The van der Waals surface area contributed by atoms with Crippen LogP contribution in [0.2, 0.25) is 0 Å². The number of hydrogen-bond acceptors (Lipinski definition) is 4. The fourth-order valence-electron chi connectivity index (χ4n) is 3.61. The van der Waals surface area contributed by atoms with E-state index in [1.807, 2.05) is 18.7 Å². The number of hydrogen-bond donors (Lipinski definition) is 2. The summed E-state index contributed by atoms with van der Waals surface area (Å²) in [6, 6.07) is 5.06. The first kappa shape index (κ1) is 14.7. The second-order valence-electron chi connectivity index (χ2n) is 6.23. The van der Waals surface area contributed by atoms with Crippen LogP contribution in [-0.4, -0.2) is 32.5 Å². The van der Waals surface area contributed by atoms with Gasteiger partial charge in [-0.3, -0.25) is 14.9 Å². The molecule has 2 aromatic heterocycles. The van der Waals surface area contributed by atoms with Crippen molar-refractivity contribution < 1.29 is 9.21 Å². The molecule has 4 rings (SSSR count). The molecule has 1 aliphatic heterocycles. The molecular formula is C17H18N4O3. The molecule has 1 fully saturated rings. The van der Waals surface area contributed by atoms with Crippen molar-refractivity contribution in [3.05, 3.63) is 51.3 Å². The Morgan fingerprint density at radius 3 is 2.96 bits per heavy atom. The standard InChI is InChI=1S/C17H18N4O3/c1-9-15(10(2)20-19-9)13-4-3-7-21(13)16(22)11-5-6-14-12(8-11)18-17(23)24-14/h5-6,8,13H,3-4,7H2,1-2H3,(H,18,23)(H,19,20). The highest BCUT2D eigenvalue weighted by Crippen LogP contribution is 2.35. The zero-order valence-electron chi connectivity index (χ0n) is 13.5. The SMILES string of the molecule is Cc1n[nH]c(C)c1C1CCCN1C(=O)c1ccc2oc(=O)[nH]c2c1. The molecule has 2 N–H and O–H groups in total. The van der Waals surface area contributed by atoms with E-state index in [-0.39, 0.29) is 11.9 Å². The summed E-state index contributed by atoms with van der Waals surface area (Å²) in [6.45, 7) is 4.66. The van der Waals surface area contributed by atoms with Gasteiger partial charge in [0.1, 0.15) is 0 Å². The highest BCUT2D eigenvalue weighted by molar-refractivity contribution is 5.97. The van der Waals surface area contributed by atoms with Crippen LogP contribution in [0.25, 0.3) is 11.1 Å². The Balaban J connectivity index is 1.70. The maximum absolute atomic E-state index is 13.0. The lowest BCUT2D eigenvalue weighted by Crippen LogP contribution is -2.31. The third kappa shape index (κ3) is 2.24. The molecule has 1 aromatic carbocycles. The zero-order chi connectivity index (χ0) is 16.8. The molecule has 1 aliphatic rings. The van der Waals surface area contributed by atoms with Gasteiger partial charge in [0.25, 0.3) is 5.91 Å². The molecule has 3 aromatic rings. The van der Waals surface area contributed by atoms with Crippen LogP contribution in [0.3, 0.4) is 0 Å². The zero-order valence-corrected chi connectivity index (χ0v) is 13.5. The average molecular weight is 326 g/mol. The number of H-pyrrole nitrogens is 2. The number of nitrogens with zero attached hydrogens (tertiary/aromatic N) is 2. The number of aromatic nitrogens is 3. The number of fused-ring (bicyclic) bond motifs is 1. The van der Waals surface area contributed by atoms with Crippen LogP contribution in [0.1, 0.15) is 46.2 Å². The summed E-state index contributed by atoms with van der Waals surface area (Å²) >= 11 is 0. The van der Waals surface area contributed by atoms with E-state index in [9.17, 15) is 9.59 Å². The third-order valence-corrected chi connectivity index (χ3v) is 4.70. The second kappa shape index (κ2) is 5.36. The predicted molar refractivity (Wildman–Crippen MR) is 87.9 cm³/mol. The minimum Gasteiger partial charge on any atom is -0.408 e. The molecule has 1 saturated heterocycles. The predicted octanol–water partition coefficient (Wildman–Crippen LogP) is 2.44. The van der Waals surface area contributed by atoms with Crippen molar-refractivity contribution in [3.63, 3.8) is 0 Å². The Kier molecular flexibility index (Phi) is 3.30. The van der Waals surface area contributed by atoms with Crippen LogP contribution < -0.4 is 5.76 Å². The summed E-state index contributed by atoms with van der Waals surface area (Å²) in [4.78, 5) is 28.8. The van der Waals surface area contributed by atoms with Crippen LogP contribution in [0.4, 0.5) is 0 Å². The molecule has 1 amide bonds. The molecular weight excluding hydrogens is 308 g/mol. The molecule has 0 radical (unpaired) electrons. The first-order valence-electron chi connectivity index (χ1n) is 8.00. The smallest absolute Gasteiger partial charge is 0.408 e. The molecule has 7 heteroatoms. The molecule has 124 valence electrons. The number of amides is 1. The number of aromatic amines is 2. The van der Waals surface area contributed by atoms with Gasteiger partial charge >= 0.3 is 5.76 Å². The summed E-state index contributed by atoms with van der Waals surface area (Å²) in [7, 11) is 0. The minimum absolute atomic E-state index is 0.0374. The van der Waals surface area contributed by atoms with Crippen LogP contribution in [0.15, 0.2) is 27.4 Å². The van der Waals surface area contributed by atoms with Gasteiger partial charge in [0.05, 0.1) is 17.3 Å². The fraction of sp³-hybridized carbons (Fsp3) is 0.353. The van der Waals surface area contributed by atoms with E-state index >= 15 is 0 Å². The Hall–Kier alpha value is -2.83. The van der Waals surface area contributed by atoms with Crippen molar-refractivity contribution in [2.24, 2.45) is 0 Å². The van der Waals surface area contributed by atoms with Crippen molar-refractivity contribution in [3.8, 4) is 0 Å². The van der Waals surface area contributed by atoms with E-state index in [4.69, 9.17) is 4.42 Å². The van der Waals surface area contributed by atoms with Crippen LogP contribution in [0, 0.1) is 13.8 Å². The van der Waals surface area contributed by atoms with Crippen LogP contribution in [0.5, 0.6) is 0 Å².